The fourth-order valence-corrected chi connectivity index (χ4v) is 2.72. The van der Waals surface area contributed by atoms with Crippen LogP contribution in [0.1, 0.15) is 23.3 Å². The van der Waals surface area contributed by atoms with Crippen molar-refractivity contribution in [1.82, 2.24) is 4.98 Å². The molecular weight excluding hydrogens is 260 g/mol. The Hall–Kier alpha value is -2.23. The van der Waals surface area contributed by atoms with Crippen LogP contribution in [0.25, 0.3) is 10.8 Å². The number of pyridine rings is 1. The average Bonchev–Trinajstić information content (AvgIpc) is 2.56. The van der Waals surface area contributed by atoms with E-state index in [1.165, 1.54) is 0 Å². The molecule has 2 aromatic carbocycles. The molecule has 0 amide bonds. The van der Waals surface area contributed by atoms with Gasteiger partial charge in [-0.25, -0.2) is 0 Å². The first-order chi connectivity index (χ1) is 10.3. The second kappa shape index (κ2) is 6.04. The Balaban J connectivity index is 2.05. The van der Waals surface area contributed by atoms with E-state index in [0.29, 0.717) is 0 Å². The minimum atomic E-state index is -0.245. The number of hydrogen-bond donors (Lipinski definition) is 1. The maximum atomic E-state index is 6.50. The van der Waals surface area contributed by atoms with E-state index in [0.717, 1.165) is 21.9 Å². The van der Waals surface area contributed by atoms with Gasteiger partial charge in [-0.15, -0.1) is 0 Å². The molecule has 0 spiro atoms. The Labute approximate surface area is 124 Å². The molecule has 0 bridgehead atoms. The maximum absolute atomic E-state index is 6.50. The van der Waals surface area contributed by atoms with E-state index in [2.05, 4.69) is 11.1 Å². The third kappa shape index (κ3) is 2.66. The molecule has 0 aliphatic heterocycles. The third-order valence-corrected chi connectivity index (χ3v) is 3.78. The number of aromatic nitrogens is 1. The predicted molar refractivity (Wildman–Crippen MR) is 84.9 cm³/mol. The quantitative estimate of drug-likeness (QED) is 0.793. The van der Waals surface area contributed by atoms with Crippen molar-refractivity contribution < 1.29 is 4.74 Å². The molecule has 3 nitrogen and oxygen atoms in total. The topological polar surface area (TPSA) is 48.1 Å². The van der Waals surface area contributed by atoms with Gasteiger partial charge in [-0.2, -0.15) is 0 Å². The fraction of sp³-hybridized carbons (Fsp3) is 0.167. The molecular formula is C18H18N2O. The molecule has 3 aromatic rings. The standard InChI is InChI=1S/C18H18N2O/c1-21-18(14-6-3-2-4-7-14)17(19)15-9-5-8-13-10-11-20-12-16(13)15/h2-12,17-18H,19H2,1H3. The molecule has 1 heterocycles. The smallest absolute Gasteiger partial charge is 0.101 e. The maximum Gasteiger partial charge on any atom is 0.101 e. The average molecular weight is 278 g/mol. The van der Waals surface area contributed by atoms with Gasteiger partial charge in [0, 0.05) is 24.9 Å². The molecule has 0 saturated heterocycles. The van der Waals surface area contributed by atoms with Gasteiger partial charge in [0.05, 0.1) is 6.04 Å². The van der Waals surface area contributed by atoms with Crippen molar-refractivity contribution in [1.29, 1.82) is 0 Å². The summed E-state index contributed by atoms with van der Waals surface area (Å²) in [4.78, 5) is 4.22. The van der Waals surface area contributed by atoms with Crippen LogP contribution in [0, 0.1) is 0 Å². The van der Waals surface area contributed by atoms with Crippen LogP contribution in [0.15, 0.2) is 67.0 Å². The molecule has 0 fully saturated rings. The predicted octanol–water partition coefficient (Wildman–Crippen LogP) is 3.62. The zero-order chi connectivity index (χ0) is 14.7. The van der Waals surface area contributed by atoms with Crippen LogP contribution in [-0.2, 0) is 4.74 Å². The Morgan fingerprint density at radius 2 is 1.81 bits per heavy atom. The summed E-state index contributed by atoms with van der Waals surface area (Å²) in [5, 5.41) is 2.21. The van der Waals surface area contributed by atoms with Gasteiger partial charge in [-0.05, 0) is 22.6 Å². The number of rotatable bonds is 4. The lowest BCUT2D eigenvalue weighted by atomic mass is 9.93. The van der Waals surface area contributed by atoms with Gasteiger partial charge in [0.25, 0.3) is 0 Å². The second-order valence-electron chi connectivity index (χ2n) is 5.04. The molecule has 106 valence electrons. The lowest BCUT2D eigenvalue weighted by Crippen LogP contribution is -2.21. The summed E-state index contributed by atoms with van der Waals surface area (Å²) in [5.41, 5.74) is 8.62. The summed E-state index contributed by atoms with van der Waals surface area (Å²) in [6.45, 7) is 0. The highest BCUT2D eigenvalue weighted by molar-refractivity contribution is 5.85. The summed E-state index contributed by atoms with van der Waals surface area (Å²) < 4.78 is 5.66. The molecule has 2 atom stereocenters. The van der Waals surface area contributed by atoms with Crippen LogP contribution < -0.4 is 5.73 Å². The van der Waals surface area contributed by atoms with Gasteiger partial charge >= 0.3 is 0 Å². The fourth-order valence-electron chi connectivity index (χ4n) is 2.72. The lowest BCUT2D eigenvalue weighted by Gasteiger charge is -2.24. The largest absolute Gasteiger partial charge is 0.375 e. The highest BCUT2D eigenvalue weighted by Crippen LogP contribution is 2.33. The summed E-state index contributed by atoms with van der Waals surface area (Å²) >= 11 is 0. The van der Waals surface area contributed by atoms with Crippen molar-refractivity contribution in [2.75, 3.05) is 7.11 Å². The van der Waals surface area contributed by atoms with Crippen LogP contribution in [0.5, 0.6) is 0 Å². The highest BCUT2D eigenvalue weighted by Gasteiger charge is 2.22. The first-order valence-corrected chi connectivity index (χ1v) is 6.97. The molecule has 21 heavy (non-hydrogen) atoms. The molecule has 1 aromatic heterocycles. The second-order valence-corrected chi connectivity index (χ2v) is 5.04. The minimum absolute atomic E-state index is 0.183. The van der Waals surface area contributed by atoms with Crippen LogP contribution in [0.4, 0.5) is 0 Å². The van der Waals surface area contributed by atoms with Crippen molar-refractivity contribution in [3.05, 3.63) is 78.1 Å². The lowest BCUT2D eigenvalue weighted by molar-refractivity contribution is 0.0806. The van der Waals surface area contributed by atoms with Crippen molar-refractivity contribution in [2.24, 2.45) is 5.73 Å². The summed E-state index contributed by atoms with van der Waals surface area (Å²) in [7, 11) is 1.70. The van der Waals surface area contributed by atoms with Gasteiger partial charge in [0.2, 0.25) is 0 Å². The summed E-state index contributed by atoms with van der Waals surface area (Å²) in [6, 6.07) is 18.0. The van der Waals surface area contributed by atoms with E-state index in [1.54, 1.807) is 13.3 Å². The minimum Gasteiger partial charge on any atom is -0.375 e. The SMILES string of the molecule is COC(c1ccccc1)C(N)c1cccc2ccncc12. The zero-order valence-electron chi connectivity index (χ0n) is 11.9. The molecule has 3 rings (SSSR count). The van der Waals surface area contributed by atoms with E-state index in [1.807, 2.05) is 54.7 Å². The molecule has 0 aliphatic carbocycles. The van der Waals surface area contributed by atoms with Crippen molar-refractivity contribution in [3.8, 4) is 0 Å². The van der Waals surface area contributed by atoms with E-state index in [-0.39, 0.29) is 12.1 Å². The number of fused-ring (bicyclic) bond motifs is 1. The number of hydrogen-bond acceptors (Lipinski definition) is 3. The van der Waals surface area contributed by atoms with Crippen LogP contribution in [0.2, 0.25) is 0 Å². The Bertz CT molecular complexity index is 722. The summed E-state index contributed by atoms with van der Waals surface area (Å²) in [6.07, 6.45) is 3.47. The molecule has 0 aliphatic rings. The van der Waals surface area contributed by atoms with Crippen LogP contribution in [-0.4, -0.2) is 12.1 Å². The molecule has 0 radical (unpaired) electrons. The Kier molecular flexibility index (Phi) is 3.95. The molecule has 2 N–H and O–H groups in total. The number of ether oxygens (including phenoxy) is 1. The Morgan fingerprint density at radius 3 is 2.57 bits per heavy atom. The monoisotopic (exact) mass is 278 g/mol. The number of benzene rings is 2. The van der Waals surface area contributed by atoms with E-state index >= 15 is 0 Å². The van der Waals surface area contributed by atoms with E-state index < -0.39 is 0 Å². The van der Waals surface area contributed by atoms with Crippen molar-refractivity contribution in [3.63, 3.8) is 0 Å². The van der Waals surface area contributed by atoms with Crippen LogP contribution in [0.3, 0.4) is 0 Å². The normalized spacial score (nSPS) is 14.0. The first-order valence-electron chi connectivity index (χ1n) is 6.97. The van der Waals surface area contributed by atoms with Gasteiger partial charge < -0.3 is 10.5 Å². The number of methoxy groups -OCH3 is 1. The van der Waals surface area contributed by atoms with Gasteiger partial charge in [0.1, 0.15) is 6.10 Å². The van der Waals surface area contributed by atoms with Crippen LogP contribution >= 0.6 is 0 Å². The first kappa shape index (κ1) is 13.7. The van der Waals surface area contributed by atoms with Gasteiger partial charge in [0.15, 0.2) is 0 Å². The molecule has 2 unspecified atom stereocenters. The molecule has 0 saturated carbocycles. The van der Waals surface area contributed by atoms with E-state index in [9.17, 15) is 0 Å². The number of nitrogens with two attached hydrogens (primary N) is 1. The summed E-state index contributed by atoms with van der Waals surface area (Å²) in [5.74, 6) is 0. The van der Waals surface area contributed by atoms with Gasteiger partial charge in [-0.1, -0.05) is 48.5 Å². The third-order valence-electron chi connectivity index (χ3n) is 3.78. The molecule has 3 heteroatoms. The highest BCUT2D eigenvalue weighted by atomic mass is 16.5. The Morgan fingerprint density at radius 1 is 1.00 bits per heavy atom. The van der Waals surface area contributed by atoms with E-state index in [4.69, 9.17) is 10.5 Å². The number of nitrogens with zero attached hydrogens (tertiary/aromatic N) is 1. The van der Waals surface area contributed by atoms with Gasteiger partial charge in [-0.3, -0.25) is 4.98 Å². The zero-order valence-corrected chi connectivity index (χ0v) is 11.9. The van der Waals surface area contributed by atoms with Crippen molar-refractivity contribution in [2.45, 2.75) is 12.1 Å². The van der Waals surface area contributed by atoms with Crippen molar-refractivity contribution >= 4 is 10.8 Å².